The zero-order valence-electron chi connectivity index (χ0n) is 12.4. The molecule has 0 bridgehead atoms. The molecule has 0 aromatic carbocycles. The first-order valence-electron chi connectivity index (χ1n) is 7.48. The first kappa shape index (κ1) is 14.4. The summed E-state index contributed by atoms with van der Waals surface area (Å²) in [5.41, 5.74) is 2.39. The van der Waals surface area contributed by atoms with Crippen molar-refractivity contribution in [1.82, 2.24) is 10.2 Å². The van der Waals surface area contributed by atoms with Crippen molar-refractivity contribution in [2.45, 2.75) is 46.1 Å². The minimum absolute atomic E-state index is 0.0892. The molecule has 0 aromatic rings. The summed E-state index contributed by atoms with van der Waals surface area (Å²) < 4.78 is 5.18. The number of nitrogens with one attached hydrogen (secondary N) is 1. The summed E-state index contributed by atoms with van der Waals surface area (Å²) in [4.78, 5) is 14.5. The maximum Gasteiger partial charge on any atom is 0.315 e. The zero-order valence-corrected chi connectivity index (χ0v) is 12.4. The average molecular weight is 266 g/mol. The Morgan fingerprint density at radius 2 is 2.05 bits per heavy atom. The molecule has 1 fully saturated rings. The lowest BCUT2D eigenvalue weighted by atomic mass is 9.96. The van der Waals surface area contributed by atoms with Crippen molar-refractivity contribution in [3.8, 4) is 0 Å². The van der Waals surface area contributed by atoms with E-state index in [4.69, 9.17) is 4.74 Å². The third-order valence-corrected chi connectivity index (χ3v) is 4.22. The molecule has 108 valence electrons. The summed E-state index contributed by atoms with van der Waals surface area (Å²) in [6.45, 7) is 9.75. The lowest BCUT2D eigenvalue weighted by molar-refractivity contribution is -0.147. The molecule has 4 nitrogen and oxygen atoms in total. The van der Waals surface area contributed by atoms with Gasteiger partial charge in [0.2, 0.25) is 0 Å². The third kappa shape index (κ3) is 3.30. The van der Waals surface area contributed by atoms with E-state index in [1.807, 2.05) is 6.92 Å². The minimum Gasteiger partial charge on any atom is -0.465 e. The van der Waals surface area contributed by atoms with Crippen molar-refractivity contribution in [2.75, 3.05) is 26.2 Å². The van der Waals surface area contributed by atoms with Crippen LogP contribution in [0.25, 0.3) is 0 Å². The first-order valence-corrected chi connectivity index (χ1v) is 7.48. The van der Waals surface area contributed by atoms with Gasteiger partial charge in [-0.3, -0.25) is 9.69 Å². The second kappa shape index (κ2) is 6.42. The number of hydrogen-bond donors (Lipinski definition) is 1. The Kier molecular flexibility index (Phi) is 4.86. The monoisotopic (exact) mass is 266 g/mol. The van der Waals surface area contributed by atoms with Crippen LogP contribution in [0, 0.1) is 5.92 Å². The topological polar surface area (TPSA) is 41.6 Å². The lowest BCUT2D eigenvalue weighted by Gasteiger charge is -2.27. The molecule has 0 amide bonds. The number of hydrogen-bond acceptors (Lipinski definition) is 4. The van der Waals surface area contributed by atoms with Crippen LogP contribution in [0.5, 0.6) is 0 Å². The Balaban J connectivity index is 2.01. The number of ether oxygens (including phenoxy) is 1. The predicted octanol–water partition coefficient (Wildman–Crippen LogP) is 1.92. The molecule has 0 aromatic heterocycles. The van der Waals surface area contributed by atoms with Gasteiger partial charge in [0.15, 0.2) is 0 Å². The van der Waals surface area contributed by atoms with Gasteiger partial charge in [-0.2, -0.15) is 0 Å². The number of esters is 1. The van der Waals surface area contributed by atoms with E-state index in [0.717, 1.165) is 12.1 Å². The summed E-state index contributed by atoms with van der Waals surface area (Å²) in [5, 5.41) is 3.48. The second-order valence-electron chi connectivity index (χ2n) is 5.66. The van der Waals surface area contributed by atoms with Gasteiger partial charge in [-0.25, -0.2) is 0 Å². The standard InChI is InChI=1S/C15H26N2O2/c1-4-19-15(18)14-11(2)13(16-12(14)3)10-17-8-6-5-7-9-17/h12,14,16H,4-10H2,1-3H3/t12-,14+/m1/s1. The van der Waals surface area contributed by atoms with E-state index in [-0.39, 0.29) is 17.9 Å². The van der Waals surface area contributed by atoms with Crippen LogP contribution in [0.15, 0.2) is 11.3 Å². The highest BCUT2D eigenvalue weighted by Crippen LogP contribution is 2.27. The fourth-order valence-corrected chi connectivity index (χ4v) is 3.16. The molecule has 0 aliphatic carbocycles. The Morgan fingerprint density at radius 3 is 2.68 bits per heavy atom. The summed E-state index contributed by atoms with van der Waals surface area (Å²) in [6.07, 6.45) is 3.94. The van der Waals surface area contributed by atoms with Crippen molar-refractivity contribution < 1.29 is 9.53 Å². The Bertz CT molecular complexity index is 359. The summed E-state index contributed by atoms with van der Waals surface area (Å²) in [6, 6.07) is 0.152. The number of carbonyl (C=O) groups is 1. The van der Waals surface area contributed by atoms with Crippen LogP contribution < -0.4 is 5.32 Å². The lowest BCUT2D eigenvalue weighted by Crippen LogP contribution is -2.36. The molecular formula is C15H26N2O2. The molecule has 2 atom stereocenters. The molecule has 19 heavy (non-hydrogen) atoms. The highest BCUT2D eigenvalue weighted by atomic mass is 16.5. The van der Waals surface area contributed by atoms with Crippen molar-refractivity contribution in [2.24, 2.45) is 5.92 Å². The number of carbonyl (C=O) groups excluding carboxylic acids is 1. The fraction of sp³-hybridized carbons (Fsp3) is 0.800. The van der Waals surface area contributed by atoms with Gasteiger partial charge in [0, 0.05) is 18.3 Å². The van der Waals surface area contributed by atoms with Crippen LogP contribution in [0.2, 0.25) is 0 Å². The Hall–Kier alpha value is -1.03. The van der Waals surface area contributed by atoms with Crippen LogP contribution in [-0.4, -0.2) is 43.2 Å². The molecule has 0 spiro atoms. The number of piperidine rings is 1. The van der Waals surface area contributed by atoms with Crippen LogP contribution in [0.4, 0.5) is 0 Å². The van der Waals surface area contributed by atoms with E-state index < -0.39 is 0 Å². The molecule has 2 aliphatic heterocycles. The second-order valence-corrected chi connectivity index (χ2v) is 5.66. The molecule has 2 aliphatic rings. The molecule has 2 rings (SSSR count). The van der Waals surface area contributed by atoms with Crippen molar-refractivity contribution in [3.63, 3.8) is 0 Å². The SMILES string of the molecule is CCOC(=O)[C@H]1C(C)=C(CN2CCCCC2)N[C@@H]1C. The van der Waals surface area contributed by atoms with Crippen LogP contribution >= 0.6 is 0 Å². The molecular weight excluding hydrogens is 240 g/mol. The molecule has 1 N–H and O–H groups in total. The van der Waals surface area contributed by atoms with Gasteiger partial charge in [0.25, 0.3) is 0 Å². The van der Waals surface area contributed by atoms with E-state index >= 15 is 0 Å². The van der Waals surface area contributed by atoms with Crippen molar-refractivity contribution in [1.29, 1.82) is 0 Å². The van der Waals surface area contributed by atoms with Gasteiger partial charge in [0.05, 0.1) is 12.5 Å². The van der Waals surface area contributed by atoms with Gasteiger partial charge in [-0.15, -0.1) is 0 Å². The first-order chi connectivity index (χ1) is 9.13. The van der Waals surface area contributed by atoms with Crippen LogP contribution in [0.1, 0.15) is 40.0 Å². The summed E-state index contributed by atoms with van der Waals surface area (Å²) in [7, 11) is 0. The normalized spacial score (nSPS) is 28.4. The highest BCUT2D eigenvalue weighted by molar-refractivity contribution is 5.77. The summed E-state index contributed by atoms with van der Waals surface area (Å²) in [5.74, 6) is -0.201. The fourth-order valence-electron chi connectivity index (χ4n) is 3.16. The highest BCUT2D eigenvalue weighted by Gasteiger charge is 2.35. The quantitative estimate of drug-likeness (QED) is 0.789. The van der Waals surface area contributed by atoms with Crippen molar-refractivity contribution >= 4 is 5.97 Å². The van der Waals surface area contributed by atoms with Gasteiger partial charge in [-0.05, 0) is 52.3 Å². The van der Waals surface area contributed by atoms with E-state index in [1.165, 1.54) is 38.0 Å². The molecule has 2 heterocycles. The van der Waals surface area contributed by atoms with Crippen LogP contribution in [-0.2, 0) is 9.53 Å². The number of likely N-dealkylation sites (tertiary alicyclic amines) is 1. The molecule has 1 saturated heterocycles. The Labute approximate surface area is 116 Å². The van der Waals surface area contributed by atoms with E-state index in [2.05, 4.69) is 24.1 Å². The van der Waals surface area contributed by atoms with E-state index in [9.17, 15) is 4.79 Å². The Morgan fingerprint density at radius 1 is 1.37 bits per heavy atom. The van der Waals surface area contributed by atoms with Gasteiger partial charge in [0.1, 0.15) is 0 Å². The van der Waals surface area contributed by atoms with Gasteiger partial charge < -0.3 is 10.1 Å². The molecule has 4 heteroatoms. The predicted molar refractivity (Wildman–Crippen MR) is 75.7 cm³/mol. The zero-order chi connectivity index (χ0) is 13.8. The summed E-state index contributed by atoms with van der Waals surface area (Å²) >= 11 is 0. The van der Waals surface area contributed by atoms with Gasteiger partial charge in [-0.1, -0.05) is 6.42 Å². The van der Waals surface area contributed by atoms with Gasteiger partial charge >= 0.3 is 5.97 Å². The number of rotatable bonds is 4. The molecule has 0 saturated carbocycles. The maximum absolute atomic E-state index is 12.0. The number of nitrogens with zero attached hydrogens (tertiary/aromatic N) is 1. The molecule has 0 unspecified atom stereocenters. The third-order valence-electron chi connectivity index (χ3n) is 4.22. The van der Waals surface area contributed by atoms with Crippen LogP contribution in [0.3, 0.4) is 0 Å². The minimum atomic E-state index is -0.111. The maximum atomic E-state index is 12.0. The molecule has 0 radical (unpaired) electrons. The van der Waals surface area contributed by atoms with E-state index in [0.29, 0.717) is 6.61 Å². The van der Waals surface area contributed by atoms with Crippen molar-refractivity contribution in [3.05, 3.63) is 11.3 Å². The largest absolute Gasteiger partial charge is 0.465 e. The smallest absolute Gasteiger partial charge is 0.315 e. The average Bonchev–Trinajstić information content (AvgIpc) is 2.66. The van der Waals surface area contributed by atoms with E-state index in [1.54, 1.807) is 0 Å².